The molecule has 1 N–H and O–H groups in total. The average molecular weight is 489 g/mol. The summed E-state index contributed by atoms with van der Waals surface area (Å²) in [6.45, 7) is 5.38. The van der Waals surface area contributed by atoms with E-state index in [-0.39, 0.29) is 41.3 Å². The summed E-state index contributed by atoms with van der Waals surface area (Å²) in [5.74, 6) is -4.09. The summed E-state index contributed by atoms with van der Waals surface area (Å²) in [5.41, 5.74) is 0.202. The maximum Gasteiger partial charge on any atom is 0.573 e. The van der Waals surface area contributed by atoms with Crippen LogP contribution in [0.2, 0.25) is 0 Å². The normalized spacial score (nSPS) is 15.1. The van der Waals surface area contributed by atoms with Gasteiger partial charge in [0.15, 0.2) is 0 Å². The van der Waals surface area contributed by atoms with Crippen LogP contribution in [0.1, 0.15) is 42.6 Å². The van der Waals surface area contributed by atoms with Crippen LogP contribution in [0.5, 0.6) is 5.75 Å². The lowest BCUT2D eigenvalue weighted by molar-refractivity contribution is -0.385. The van der Waals surface area contributed by atoms with E-state index in [1.807, 2.05) is 13.8 Å². The number of hydrogen-bond donors (Lipinski definition) is 1. The maximum absolute atomic E-state index is 13.5. The van der Waals surface area contributed by atoms with Crippen LogP contribution in [-0.4, -0.2) is 36.2 Å². The van der Waals surface area contributed by atoms with Crippen molar-refractivity contribution in [3.63, 3.8) is 0 Å². The van der Waals surface area contributed by atoms with Gasteiger partial charge in [-0.25, -0.2) is 8.78 Å². The minimum atomic E-state index is -4.87. The number of benzene rings is 2. The van der Waals surface area contributed by atoms with Crippen LogP contribution in [0.4, 0.5) is 39.0 Å². The lowest BCUT2D eigenvalue weighted by Gasteiger charge is -2.34. The molecule has 186 valence electrons. The van der Waals surface area contributed by atoms with E-state index in [4.69, 9.17) is 0 Å². The highest BCUT2D eigenvalue weighted by molar-refractivity contribution is 6.08. The first-order valence-corrected chi connectivity index (χ1v) is 10.4. The number of nitrogens with zero attached hydrogens (tertiary/aromatic N) is 2. The number of nitrogens with one attached hydrogen (secondary N) is 1. The summed E-state index contributed by atoms with van der Waals surface area (Å²) >= 11 is 0. The molecule has 2 aromatic carbocycles. The van der Waals surface area contributed by atoms with Crippen LogP contribution in [-0.2, 0) is 0 Å². The summed E-state index contributed by atoms with van der Waals surface area (Å²) in [4.78, 5) is 25.1. The van der Waals surface area contributed by atoms with Crippen LogP contribution in [0.3, 0.4) is 0 Å². The second kappa shape index (κ2) is 10.7. The number of alkyl halides is 5. The number of aryl methyl sites for hydroxylation is 1. The third-order valence-corrected chi connectivity index (χ3v) is 4.94. The Morgan fingerprint density at radius 3 is 2.18 bits per heavy atom. The number of carbonyl (C=O) groups is 1. The van der Waals surface area contributed by atoms with Gasteiger partial charge in [0.2, 0.25) is 0 Å². The molecular formula is C22H24F5N3O4. The molecule has 12 heteroatoms. The Morgan fingerprint density at radius 1 is 1.12 bits per heavy atom. The van der Waals surface area contributed by atoms with E-state index in [1.165, 1.54) is 25.1 Å². The lowest BCUT2D eigenvalue weighted by Crippen LogP contribution is -2.40. The van der Waals surface area contributed by atoms with Gasteiger partial charge in [0.25, 0.3) is 17.5 Å². The van der Waals surface area contributed by atoms with Crippen molar-refractivity contribution in [2.24, 2.45) is 0 Å². The van der Waals surface area contributed by atoms with Crippen molar-refractivity contribution in [3.05, 3.63) is 57.6 Å². The van der Waals surface area contributed by atoms with E-state index in [9.17, 15) is 36.9 Å². The second-order valence-corrected chi connectivity index (χ2v) is 7.28. The maximum atomic E-state index is 13.5. The average Bonchev–Trinajstić information content (AvgIpc) is 2.75. The molecule has 0 unspecified atom stereocenters. The molecule has 0 saturated carbocycles. The summed E-state index contributed by atoms with van der Waals surface area (Å²) in [6, 6.07) is 6.79. The Labute approximate surface area is 192 Å². The van der Waals surface area contributed by atoms with Crippen molar-refractivity contribution in [1.82, 2.24) is 0 Å². The Balaban J connectivity index is 0.00000199. The summed E-state index contributed by atoms with van der Waals surface area (Å²) < 4.78 is 67.7. The molecule has 0 bridgehead atoms. The van der Waals surface area contributed by atoms with Gasteiger partial charge in [0.1, 0.15) is 5.75 Å². The topological polar surface area (TPSA) is 84.7 Å². The largest absolute Gasteiger partial charge is 0.573 e. The van der Waals surface area contributed by atoms with E-state index in [1.54, 1.807) is 4.90 Å². The number of anilines is 2. The van der Waals surface area contributed by atoms with Gasteiger partial charge in [-0.05, 0) is 37.3 Å². The quantitative estimate of drug-likeness (QED) is 0.302. The van der Waals surface area contributed by atoms with Crippen molar-refractivity contribution < 1.29 is 36.4 Å². The number of amides is 1. The predicted molar refractivity (Wildman–Crippen MR) is 117 cm³/mol. The zero-order valence-electron chi connectivity index (χ0n) is 18.7. The SMILES string of the molecule is CC.Cc1cc(N2CCC(F)(F)CC2)c(C(=O)Nc2ccc(OC(F)(F)F)cc2)cc1[N+](=O)[O-]. The van der Waals surface area contributed by atoms with Gasteiger partial charge >= 0.3 is 6.36 Å². The zero-order valence-corrected chi connectivity index (χ0v) is 18.7. The fourth-order valence-corrected chi connectivity index (χ4v) is 3.33. The van der Waals surface area contributed by atoms with Gasteiger partial charge in [-0.3, -0.25) is 14.9 Å². The monoisotopic (exact) mass is 489 g/mol. The molecule has 1 aliphatic heterocycles. The van der Waals surface area contributed by atoms with Gasteiger partial charge in [0.05, 0.1) is 16.2 Å². The van der Waals surface area contributed by atoms with Crippen LogP contribution >= 0.6 is 0 Å². The summed E-state index contributed by atoms with van der Waals surface area (Å²) in [6.07, 6.45) is -5.72. The molecule has 1 heterocycles. The van der Waals surface area contributed by atoms with Gasteiger partial charge in [-0.2, -0.15) is 0 Å². The molecule has 0 atom stereocenters. The minimum Gasteiger partial charge on any atom is -0.406 e. The number of ether oxygens (including phenoxy) is 1. The Kier molecular flexibility index (Phi) is 8.41. The molecule has 1 aliphatic rings. The molecule has 1 amide bonds. The second-order valence-electron chi connectivity index (χ2n) is 7.28. The van der Waals surface area contributed by atoms with Crippen molar-refractivity contribution in [2.45, 2.75) is 45.9 Å². The first kappa shape index (κ1) is 26.8. The van der Waals surface area contributed by atoms with Crippen molar-refractivity contribution in [3.8, 4) is 5.75 Å². The molecule has 0 aromatic heterocycles. The predicted octanol–water partition coefficient (Wildman–Crippen LogP) is 6.32. The molecule has 1 fully saturated rings. The van der Waals surface area contributed by atoms with Gasteiger partial charge in [-0.1, -0.05) is 13.8 Å². The summed E-state index contributed by atoms with van der Waals surface area (Å²) in [5, 5.41) is 13.8. The molecule has 2 aromatic rings. The molecule has 3 rings (SSSR count). The standard InChI is InChI=1S/C20H18F5N3O4.C2H6/c1-12-10-17(27-8-6-19(21,22)7-9-27)15(11-16(12)28(30)31)18(29)26-13-2-4-14(5-3-13)32-20(23,24)25;1-2/h2-5,10-11H,6-9H2,1H3,(H,26,29);1-2H3. The van der Waals surface area contributed by atoms with Crippen LogP contribution in [0.15, 0.2) is 36.4 Å². The van der Waals surface area contributed by atoms with E-state index in [0.29, 0.717) is 0 Å². The molecular weight excluding hydrogens is 465 g/mol. The van der Waals surface area contributed by atoms with E-state index in [0.717, 1.165) is 18.2 Å². The first-order chi connectivity index (χ1) is 15.8. The molecule has 0 aliphatic carbocycles. The third kappa shape index (κ3) is 7.03. The van der Waals surface area contributed by atoms with Crippen molar-refractivity contribution >= 4 is 23.0 Å². The highest BCUT2D eigenvalue weighted by Gasteiger charge is 2.35. The number of nitro benzene ring substituents is 1. The highest BCUT2D eigenvalue weighted by Crippen LogP contribution is 2.35. The fourth-order valence-electron chi connectivity index (χ4n) is 3.33. The Morgan fingerprint density at radius 2 is 1.68 bits per heavy atom. The van der Waals surface area contributed by atoms with E-state index >= 15 is 0 Å². The first-order valence-electron chi connectivity index (χ1n) is 10.4. The van der Waals surface area contributed by atoms with Crippen molar-refractivity contribution in [1.29, 1.82) is 0 Å². The molecule has 0 radical (unpaired) electrons. The Bertz CT molecular complexity index is 1020. The van der Waals surface area contributed by atoms with E-state index < -0.39 is 41.7 Å². The van der Waals surface area contributed by atoms with Crippen LogP contribution < -0.4 is 15.0 Å². The summed E-state index contributed by atoms with van der Waals surface area (Å²) in [7, 11) is 0. The minimum absolute atomic E-state index is 0.0476. The van der Waals surface area contributed by atoms with Gasteiger partial charge in [0, 0.05) is 43.2 Å². The smallest absolute Gasteiger partial charge is 0.406 e. The Hall–Kier alpha value is -3.44. The zero-order chi connectivity index (χ0) is 25.7. The van der Waals surface area contributed by atoms with Gasteiger partial charge < -0.3 is 15.0 Å². The van der Waals surface area contributed by atoms with Gasteiger partial charge in [-0.15, -0.1) is 13.2 Å². The molecule has 1 saturated heterocycles. The highest BCUT2D eigenvalue weighted by atomic mass is 19.4. The van der Waals surface area contributed by atoms with Crippen LogP contribution in [0.25, 0.3) is 0 Å². The molecule has 0 spiro atoms. The molecule has 7 nitrogen and oxygen atoms in total. The number of nitro groups is 1. The number of hydrogen-bond acceptors (Lipinski definition) is 5. The number of rotatable bonds is 5. The fraction of sp³-hybridized carbons (Fsp3) is 0.409. The number of halogens is 5. The van der Waals surface area contributed by atoms with Crippen molar-refractivity contribution in [2.75, 3.05) is 23.3 Å². The lowest BCUT2D eigenvalue weighted by atomic mass is 10.0. The number of carbonyl (C=O) groups excluding carboxylic acids is 1. The van der Waals surface area contributed by atoms with E-state index in [2.05, 4.69) is 10.1 Å². The van der Waals surface area contributed by atoms with Crippen LogP contribution in [0, 0.1) is 17.0 Å². The number of piperidine rings is 1. The third-order valence-electron chi connectivity index (χ3n) is 4.94. The molecule has 34 heavy (non-hydrogen) atoms.